The number of phosphoric acid groups is 2. The van der Waals surface area contributed by atoms with Crippen molar-refractivity contribution in [2.45, 2.75) is 341 Å². The Bertz CT molecular complexity index is 2160. The van der Waals surface area contributed by atoms with Crippen LogP contribution in [0.4, 0.5) is 0 Å². The van der Waals surface area contributed by atoms with Crippen LogP contribution in [-0.4, -0.2) is 96.7 Å². The Balaban J connectivity index is 5.31. The molecule has 0 spiro atoms. The predicted molar refractivity (Wildman–Crippen MR) is 390 cm³/mol. The van der Waals surface area contributed by atoms with E-state index < -0.39 is 97.5 Å². The first-order chi connectivity index (χ1) is 46.7. The zero-order valence-electron chi connectivity index (χ0n) is 60.5. The molecule has 0 aromatic carbocycles. The molecule has 0 aromatic heterocycles. The van der Waals surface area contributed by atoms with Gasteiger partial charge in [-0.05, 0) is 128 Å². The van der Waals surface area contributed by atoms with E-state index in [0.29, 0.717) is 25.7 Å². The molecule has 96 heavy (non-hydrogen) atoms. The number of aliphatic hydroxyl groups excluding tert-OH is 1. The van der Waals surface area contributed by atoms with Crippen LogP contribution >= 0.6 is 15.6 Å². The first-order valence-electron chi connectivity index (χ1n) is 37.8. The van der Waals surface area contributed by atoms with Crippen molar-refractivity contribution in [3.63, 3.8) is 0 Å². The van der Waals surface area contributed by atoms with Gasteiger partial charge in [-0.25, -0.2) is 9.13 Å². The maximum atomic E-state index is 13.1. The van der Waals surface area contributed by atoms with Crippen molar-refractivity contribution in [3.8, 4) is 0 Å². The summed E-state index contributed by atoms with van der Waals surface area (Å²) in [7, 11) is -9.95. The second-order valence-electron chi connectivity index (χ2n) is 25.2. The highest BCUT2D eigenvalue weighted by Crippen LogP contribution is 2.45. The minimum absolute atomic E-state index is 0.0770. The lowest BCUT2D eigenvalue weighted by molar-refractivity contribution is -0.161. The van der Waals surface area contributed by atoms with Gasteiger partial charge in [0, 0.05) is 25.7 Å². The molecule has 0 aromatic rings. The lowest BCUT2D eigenvalue weighted by Crippen LogP contribution is -2.30. The van der Waals surface area contributed by atoms with Crippen molar-refractivity contribution < 1.29 is 80.2 Å². The molecule has 0 amide bonds. The zero-order chi connectivity index (χ0) is 70.4. The third-order valence-electron chi connectivity index (χ3n) is 15.8. The van der Waals surface area contributed by atoms with E-state index in [1.807, 2.05) is 0 Å². The van der Waals surface area contributed by atoms with E-state index in [4.69, 9.17) is 37.0 Å². The second kappa shape index (κ2) is 69.7. The maximum absolute atomic E-state index is 13.1. The number of aliphatic hydroxyl groups is 1. The molecule has 17 nitrogen and oxygen atoms in total. The molecule has 0 saturated carbocycles. The highest BCUT2D eigenvalue weighted by atomic mass is 31.2. The molecule has 0 bridgehead atoms. The van der Waals surface area contributed by atoms with E-state index in [0.717, 1.165) is 193 Å². The predicted octanol–water partition coefficient (Wildman–Crippen LogP) is 21.4. The van der Waals surface area contributed by atoms with Crippen molar-refractivity contribution in [1.29, 1.82) is 0 Å². The number of rotatable bonds is 71. The lowest BCUT2D eigenvalue weighted by Gasteiger charge is -2.21. The molecule has 556 valence electrons. The Hall–Kier alpha value is -3.76. The minimum atomic E-state index is -4.98. The number of unbranched alkanes of at least 4 members (excludes halogenated alkanes) is 31. The van der Waals surface area contributed by atoms with Gasteiger partial charge in [-0.1, -0.05) is 254 Å². The average Bonchev–Trinajstić information content (AvgIpc) is 1.17. The number of carbonyl (C=O) groups is 4. The molecule has 0 heterocycles. The summed E-state index contributed by atoms with van der Waals surface area (Å²) in [6, 6.07) is 0. The Morgan fingerprint density at radius 2 is 0.573 bits per heavy atom. The summed E-state index contributed by atoms with van der Waals surface area (Å²) >= 11 is 0. The smallest absolute Gasteiger partial charge is 0.462 e. The lowest BCUT2D eigenvalue weighted by atomic mass is 10.1. The monoisotopic (exact) mass is 1390 g/mol. The molecule has 0 rings (SSSR count). The Morgan fingerprint density at radius 3 is 0.917 bits per heavy atom. The first-order valence-corrected chi connectivity index (χ1v) is 40.8. The van der Waals surface area contributed by atoms with Crippen LogP contribution in [0.1, 0.15) is 323 Å². The molecule has 0 aliphatic rings. The van der Waals surface area contributed by atoms with Crippen LogP contribution in [-0.2, 0) is 65.4 Å². The third kappa shape index (κ3) is 68.8. The van der Waals surface area contributed by atoms with E-state index >= 15 is 0 Å². The van der Waals surface area contributed by atoms with Crippen LogP contribution in [0.25, 0.3) is 0 Å². The topological polar surface area (TPSA) is 237 Å². The molecule has 5 unspecified atom stereocenters. The molecular weight excluding hydrogens is 1260 g/mol. The number of carbonyl (C=O) groups excluding carboxylic acids is 4. The number of hydrogen-bond acceptors (Lipinski definition) is 15. The van der Waals surface area contributed by atoms with E-state index in [-0.39, 0.29) is 25.7 Å². The van der Waals surface area contributed by atoms with Crippen LogP contribution in [0.15, 0.2) is 85.1 Å². The summed E-state index contributed by atoms with van der Waals surface area (Å²) in [6.07, 6.45) is 70.1. The third-order valence-corrected chi connectivity index (χ3v) is 17.7. The van der Waals surface area contributed by atoms with Crippen molar-refractivity contribution in [2.24, 2.45) is 0 Å². The van der Waals surface area contributed by atoms with Gasteiger partial charge < -0.3 is 33.8 Å². The highest BCUT2D eigenvalue weighted by molar-refractivity contribution is 7.47. The summed E-state index contributed by atoms with van der Waals surface area (Å²) in [4.78, 5) is 72.7. The van der Waals surface area contributed by atoms with Crippen LogP contribution in [0.3, 0.4) is 0 Å². The first kappa shape index (κ1) is 92.2. The van der Waals surface area contributed by atoms with Crippen molar-refractivity contribution in [2.75, 3.05) is 39.6 Å². The molecule has 3 N–H and O–H groups in total. The van der Waals surface area contributed by atoms with E-state index in [2.05, 4.69) is 113 Å². The van der Waals surface area contributed by atoms with Gasteiger partial charge in [0.1, 0.15) is 19.3 Å². The van der Waals surface area contributed by atoms with E-state index in [1.54, 1.807) is 0 Å². The van der Waals surface area contributed by atoms with Crippen molar-refractivity contribution in [1.82, 2.24) is 0 Å². The molecule has 0 radical (unpaired) electrons. The van der Waals surface area contributed by atoms with Gasteiger partial charge in [-0.3, -0.25) is 37.3 Å². The molecule has 0 aliphatic carbocycles. The van der Waals surface area contributed by atoms with Gasteiger partial charge >= 0.3 is 39.5 Å². The number of ether oxygens (including phenoxy) is 4. The van der Waals surface area contributed by atoms with Crippen LogP contribution in [0.5, 0.6) is 0 Å². The molecular formula is C77H136O17P2. The average molecular weight is 1400 g/mol. The van der Waals surface area contributed by atoms with Gasteiger partial charge in [0.15, 0.2) is 12.2 Å². The number of allylic oxidation sites excluding steroid dienone is 14. The quantitative estimate of drug-likeness (QED) is 0.0169. The molecule has 5 atom stereocenters. The van der Waals surface area contributed by atoms with Gasteiger partial charge in [-0.2, -0.15) is 0 Å². The van der Waals surface area contributed by atoms with Gasteiger partial charge in [0.25, 0.3) is 0 Å². The van der Waals surface area contributed by atoms with Crippen LogP contribution in [0.2, 0.25) is 0 Å². The summed E-state index contributed by atoms with van der Waals surface area (Å²) in [5.74, 6) is -2.21. The molecule has 0 saturated heterocycles. The van der Waals surface area contributed by atoms with Crippen LogP contribution in [0, 0.1) is 0 Å². The number of hydrogen-bond donors (Lipinski definition) is 3. The SMILES string of the molecule is CC/C=C\C/C=C\C/C=C\CCCCCCCCCC(=O)OCC(COP(=O)(O)OCC(O)COP(=O)(O)OCC(COC(=O)CCCCCCC/C=C\CCCCCCCC)OC(=O)CCCCCCC/C=C\CCCC)OC(=O)CCCCCCC/C=C\C/C=C\CCC. The van der Waals surface area contributed by atoms with E-state index in [1.165, 1.54) is 51.4 Å². The maximum Gasteiger partial charge on any atom is 0.472 e. The van der Waals surface area contributed by atoms with Crippen LogP contribution < -0.4 is 0 Å². The summed E-state index contributed by atoms with van der Waals surface area (Å²) in [6.45, 7) is 4.63. The van der Waals surface area contributed by atoms with Gasteiger partial charge in [-0.15, -0.1) is 0 Å². The normalized spacial score (nSPS) is 14.4. The Labute approximate surface area is 583 Å². The van der Waals surface area contributed by atoms with E-state index in [9.17, 15) is 43.2 Å². The fourth-order valence-electron chi connectivity index (χ4n) is 10.0. The fourth-order valence-corrected chi connectivity index (χ4v) is 11.6. The van der Waals surface area contributed by atoms with Gasteiger partial charge in [0.05, 0.1) is 26.4 Å². The number of esters is 4. The standard InChI is InChI=1S/C77H136O17P2/c1-5-9-13-17-21-25-29-32-34-35-37-40-43-46-50-54-58-62-75(80)88-68-73(94-77(82)64-60-56-52-48-44-38-31-27-23-19-15-11-7-3)70-92-96(85,86)90-66-71(78)65-89-95(83,84)91-69-72(93-76(81)63-59-55-51-47-41-28-24-20-16-12-8-4)67-87-74(79)61-57-53-49-45-42-39-36-33-30-26-22-18-14-10-6-2/h9,13,15,19-21,24-25,27,31-34,36,71-73,78H,5-8,10-12,14,16-18,22-23,26,28-30,35,37-70H2,1-4H3,(H,83,84)(H,85,86)/b13-9-,19-15-,24-20-,25-21-,31-27-,34-32-,36-33-. The van der Waals surface area contributed by atoms with Crippen molar-refractivity contribution >= 4 is 39.5 Å². The molecule has 0 fully saturated rings. The largest absolute Gasteiger partial charge is 0.472 e. The summed E-state index contributed by atoms with van der Waals surface area (Å²) in [5, 5.41) is 10.6. The Kier molecular flexibility index (Phi) is 67.0. The highest BCUT2D eigenvalue weighted by Gasteiger charge is 2.30. The minimum Gasteiger partial charge on any atom is -0.462 e. The summed E-state index contributed by atoms with van der Waals surface area (Å²) < 4.78 is 68.4. The second-order valence-corrected chi connectivity index (χ2v) is 28.1. The number of phosphoric ester groups is 2. The van der Waals surface area contributed by atoms with Gasteiger partial charge in [0.2, 0.25) is 0 Å². The van der Waals surface area contributed by atoms with Crippen molar-refractivity contribution in [3.05, 3.63) is 85.1 Å². The summed E-state index contributed by atoms with van der Waals surface area (Å²) in [5.41, 5.74) is 0. The molecule has 0 aliphatic heterocycles. The molecule has 19 heteroatoms. The zero-order valence-corrected chi connectivity index (χ0v) is 62.3. The fraction of sp³-hybridized carbons (Fsp3) is 0.766. The Morgan fingerprint density at radius 1 is 0.302 bits per heavy atom.